The molecule has 0 amide bonds. The number of nitriles is 1. The Bertz CT molecular complexity index is 1780. The summed E-state index contributed by atoms with van der Waals surface area (Å²) in [6, 6.07) is 16.4. The molecule has 8 nitrogen and oxygen atoms in total. The van der Waals surface area contributed by atoms with Crippen molar-refractivity contribution in [1.29, 1.82) is 5.26 Å². The van der Waals surface area contributed by atoms with Crippen molar-refractivity contribution in [2.24, 2.45) is 11.7 Å². The zero-order valence-corrected chi connectivity index (χ0v) is 25.5. The number of halogens is 1. The molecule has 1 aliphatic heterocycles. The molecule has 0 saturated carbocycles. The van der Waals surface area contributed by atoms with Gasteiger partial charge in [0.25, 0.3) is 0 Å². The first kappa shape index (κ1) is 29.9. The lowest BCUT2D eigenvalue weighted by atomic mass is 9.83. The highest BCUT2D eigenvalue weighted by Gasteiger charge is 2.32. The number of carbonyl (C=O) groups excluding carboxylic acids is 1. The van der Waals surface area contributed by atoms with Gasteiger partial charge in [0.15, 0.2) is 11.5 Å². The molecule has 9 heteroatoms. The van der Waals surface area contributed by atoms with Gasteiger partial charge in [0.05, 0.1) is 19.1 Å². The van der Waals surface area contributed by atoms with Gasteiger partial charge in [0.2, 0.25) is 11.6 Å². The molecule has 3 aromatic carbocycles. The third-order valence-corrected chi connectivity index (χ3v) is 7.76. The van der Waals surface area contributed by atoms with Crippen LogP contribution in [0.25, 0.3) is 11.0 Å². The van der Waals surface area contributed by atoms with E-state index in [2.05, 4.69) is 19.9 Å². The molecule has 0 aliphatic carbocycles. The zero-order valence-electron chi connectivity index (χ0n) is 24.7. The molecule has 2 N–H and O–H groups in total. The van der Waals surface area contributed by atoms with Crippen LogP contribution in [0.4, 0.5) is 0 Å². The van der Waals surface area contributed by atoms with Crippen molar-refractivity contribution < 1.29 is 28.2 Å². The average molecular weight is 601 g/mol. The van der Waals surface area contributed by atoms with E-state index in [1.165, 1.54) is 0 Å². The van der Waals surface area contributed by atoms with Crippen LogP contribution in [0.15, 0.2) is 64.4 Å². The van der Waals surface area contributed by atoms with Crippen LogP contribution >= 0.6 is 11.6 Å². The number of hydrogen-bond donors (Lipinski definition) is 1. The largest absolute Gasteiger partial charge is 0.490 e. The lowest BCUT2D eigenvalue weighted by molar-refractivity contribution is 0.0702. The van der Waals surface area contributed by atoms with Crippen molar-refractivity contribution in [2.45, 2.75) is 47.0 Å². The summed E-state index contributed by atoms with van der Waals surface area (Å²) in [4.78, 5) is 13.1. The predicted molar refractivity (Wildman–Crippen MR) is 164 cm³/mol. The number of nitrogens with two attached hydrogens (primary N) is 1. The second kappa shape index (κ2) is 12.3. The van der Waals surface area contributed by atoms with Crippen LogP contribution < -0.4 is 24.7 Å². The lowest BCUT2D eigenvalue weighted by Crippen LogP contribution is -2.21. The molecule has 1 aromatic heterocycles. The van der Waals surface area contributed by atoms with Crippen LogP contribution in [-0.4, -0.2) is 19.2 Å². The number of allylic oxidation sites excluding steroid dienone is 1. The van der Waals surface area contributed by atoms with Crippen LogP contribution in [0.5, 0.6) is 23.0 Å². The van der Waals surface area contributed by atoms with Gasteiger partial charge in [0.1, 0.15) is 28.7 Å². The molecular weight excluding hydrogens is 568 g/mol. The number of aryl methyl sites for hydroxylation is 2. The van der Waals surface area contributed by atoms with Gasteiger partial charge >= 0.3 is 5.97 Å². The number of hydrogen-bond acceptors (Lipinski definition) is 8. The van der Waals surface area contributed by atoms with Gasteiger partial charge in [0, 0.05) is 27.6 Å². The van der Waals surface area contributed by atoms with Crippen molar-refractivity contribution in [3.63, 3.8) is 0 Å². The molecule has 1 atom stereocenters. The number of carbonyl (C=O) groups is 1. The molecule has 0 saturated heterocycles. The Morgan fingerprint density at radius 2 is 1.88 bits per heavy atom. The Hall–Kier alpha value is -4.61. The summed E-state index contributed by atoms with van der Waals surface area (Å²) in [5.74, 6) is 1.18. The van der Waals surface area contributed by atoms with Gasteiger partial charge in [-0.3, -0.25) is 0 Å². The fourth-order valence-corrected chi connectivity index (χ4v) is 5.19. The second-order valence-electron chi connectivity index (χ2n) is 10.8. The van der Waals surface area contributed by atoms with Crippen molar-refractivity contribution in [1.82, 2.24) is 0 Å². The van der Waals surface area contributed by atoms with Crippen molar-refractivity contribution in [2.75, 3.05) is 13.2 Å². The average Bonchev–Trinajstić information content (AvgIpc) is 3.28. The Labute approximate surface area is 255 Å². The topological polar surface area (TPSA) is 117 Å². The Morgan fingerprint density at radius 1 is 1.09 bits per heavy atom. The Kier molecular flexibility index (Phi) is 8.56. The summed E-state index contributed by atoms with van der Waals surface area (Å²) in [5, 5.41) is 11.3. The van der Waals surface area contributed by atoms with E-state index in [-0.39, 0.29) is 23.0 Å². The summed E-state index contributed by atoms with van der Waals surface area (Å²) in [5.41, 5.74) is 9.97. The number of ether oxygens (including phenoxy) is 4. The maximum atomic E-state index is 13.1. The molecule has 1 unspecified atom stereocenters. The minimum Gasteiger partial charge on any atom is -0.490 e. The summed E-state index contributed by atoms with van der Waals surface area (Å²) in [6.07, 6.45) is 0.912. The molecule has 0 radical (unpaired) electrons. The highest BCUT2D eigenvalue weighted by Crippen LogP contribution is 2.45. The van der Waals surface area contributed by atoms with Gasteiger partial charge in [-0.2, -0.15) is 5.26 Å². The van der Waals surface area contributed by atoms with E-state index in [9.17, 15) is 10.1 Å². The molecule has 0 fully saturated rings. The summed E-state index contributed by atoms with van der Waals surface area (Å²) in [6.45, 7) is 10.8. The molecular formula is C34H33ClN2O6. The predicted octanol–water partition coefficient (Wildman–Crippen LogP) is 7.96. The Balaban J connectivity index is 1.46. The molecule has 0 bridgehead atoms. The molecule has 1 aliphatic rings. The third kappa shape index (κ3) is 5.99. The van der Waals surface area contributed by atoms with E-state index in [1.807, 2.05) is 32.0 Å². The molecule has 43 heavy (non-hydrogen) atoms. The minimum atomic E-state index is -0.662. The van der Waals surface area contributed by atoms with Crippen LogP contribution in [-0.2, 0) is 0 Å². The first-order valence-electron chi connectivity index (χ1n) is 14.1. The monoisotopic (exact) mass is 600 g/mol. The summed E-state index contributed by atoms with van der Waals surface area (Å²) in [7, 11) is 0. The number of furan rings is 1. The van der Waals surface area contributed by atoms with E-state index in [1.54, 1.807) is 37.3 Å². The summed E-state index contributed by atoms with van der Waals surface area (Å²) < 4.78 is 29.3. The molecule has 2 heterocycles. The second-order valence-corrected chi connectivity index (χ2v) is 11.2. The number of nitrogens with zero attached hydrogens (tertiary/aromatic N) is 1. The fourth-order valence-electron chi connectivity index (χ4n) is 5.03. The number of benzene rings is 3. The smallest absolute Gasteiger partial charge is 0.379 e. The van der Waals surface area contributed by atoms with Crippen LogP contribution in [0.3, 0.4) is 0 Å². The standard InChI is InChI=1S/C34H33ClN2O6/c1-6-39-30-14-21(7-10-27(30)40-12-11-18(2)3)31-23-9-8-22(15-29(23)43-33(37)25(31)17-36)41-34(38)32-20(5)24-16-26(35)19(4)13-28(24)42-32/h7-10,13-16,18,31H,6,11-12,37H2,1-5H3. The van der Waals surface area contributed by atoms with Crippen LogP contribution in [0.2, 0.25) is 5.02 Å². The quantitative estimate of drug-likeness (QED) is 0.152. The van der Waals surface area contributed by atoms with Crippen molar-refractivity contribution in [3.8, 4) is 29.1 Å². The summed E-state index contributed by atoms with van der Waals surface area (Å²) >= 11 is 6.28. The van der Waals surface area contributed by atoms with Crippen LogP contribution in [0.1, 0.15) is 65.9 Å². The normalized spacial score (nSPS) is 14.3. The van der Waals surface area contributed by atoms with Crippen molar-refractivity contribution >= 4 is 28.5 Å². The van der Waals surface area contributed by atoms with E-state index in [0.29, 0.717) is 58.1 Å². The van der Waals surface area contributed by atoms with E-state index in [0.717, 1.165) is 22.9 Å². The maximum Gasteiger partial charge on any atom is 0.379 e. The zero-order chi connectivity index (χ0) is 30.8. The number of fused-ring (bicyclic) bond motifs is 2. The maximum absolute atomic E-state index is 13.1. The third-order valence-electron chi connectivity index (χ3n) is 7.36. The SMILES string of the molecule is CCOc1cc(C2C(C#N)=C(N)Oc3cc(OC(=O)c4oc5cc(C)c(Cl)cc5c4C)ccc32)ccc1OCCC(C)C. The first-order chi connectivity index (χ1) is 20.6. The van der Waals surface area contributed by atoms with Crippen molar-refractivity contribution in [3.05, 3.63) is 93.0 Å². The first-order valence-corrected chi connectivity index (χ1v) is 14.5. The lowest BCUT2D eigenvalue weighted by Gasteiger charge is -2.27. The Morgan fingerprint density at radius 3 is 2.60 bits per heavy atom. The fraction of sp³-hybridized carbons (Fsp3) is 0.294. The number of esters is 1. The highest BCUT2D eigenvalue weighted by atomic mass is 35.5. The van der Waals surface area contributed by atoms with Gasteiger partial charge in [-0.05, 0) is 74.6 Å². The van der Waals surface area contributed by atoms with E-state index >= 15 is 0 Å². The van der Waals surface area contributed by atoms with Gasteiger partial charge in [-0.25, -0.2) is 4.79 Å². The molecule has 4 aromatic rings. The van der Waals surface area contributed by atoms with E-state index in [4.69, 9.17) is 40.7 Å². The highest BCUT2D eigenvalue weighted by molar-refractivity contribution is 6.32. The number of rotatable bonds is 9. The molecule has 222 valence electrons. The molecule has 0 spiro atoms. The molecule has 5 rings (SSSR count). The van der Waals surface area contributed by atoms with E-state index < -0.39 is 11.9 Å². The minimum absolute atomic E-state index is 0.0286. The van der Waals surface area contributed by atoms with Gasteiger partial charge in [-0.15, -0.1) is 0 Å². The van der Waals surface area contributed by atoms with Gasteiger partial charge in [-0.1, -0.05) is 37.6 Å². The van der Waals surface area contributed by atoms with Crippen LogP contribution in [0, 0.1) is 31.1 Å². The van der Waals surface area contributed by atoms with Gasteiger partial charge < -0.3 is 29.1 Å².